The quantitative estimate of drug-likeness (QED) is 0.629. The van der Waals surface area contributed by atoms with E-state index in [4.69, 9.17) is 33.7 Å². The Bertz CT molecular complexity index is 697. The van der Waals surface area contributed by atoms with Crippen molar-refractivity contribution in [2.24, 2.45) is 0 Å². The predicted molar refractivity (Wildman–Crippen MR) is 79.5 cm³/mol. The fourth-order valence-corrected chi connectivity index (χ4v) is 2.10. The number of rotatable bonds is 3. The Morgan fingerprint density at radius 3 is 2.65 bits per heavy atom. The summed E-state index contributed by atoms with van der Waals surface area (Å²) in [5.74, 6) is -0.0425. The average molecular weight is 379 g/mol. The molecule has 0 amide bonds. The molecule has 0 radical (unpaired) electrons. The molecular weight excluding hydrogens is 373 g/mol. The van der Waals surface area contributed by atoms with Gasteiger partial charge in [0.25, 0.3) is 0 Å². The van der Waals surface area contributed by atoms with Crippen LogP contribution in [0.15, 0.2) is 28.7 Å². The number of nitro benzene ring substituents is 1. The SMILES string of the molecule is Nc1nc(Oc2ccc(Br)cc2[N+](=O)[O-])c(Cl)cc1Cl. The molecule has 2 rings (SSSR count). The lowest BCUT2D eigenvalue weighted by molar-refractivity contribution is -0.385. The van der Waals surface area contributed by atoms with Crippen LogP contribution in [0, 0.1) is 10.1 Å². The minimum atomic E-state index is -0.576. The second-order valence-corrected chi connectivity index (χ2v) is 5.34. The molecule has 104 valence electrons. The highest BCUT2D eigenvalue weighted by atomic mass is 79.9. The van der Waals surface area contributed by atoms with Gasteiger partial charge in [-0.3, -0.25) is 10.1 Å². The molecule has 0 unspecified atom stereocenters. The number of anilines is 1. The normalized spacial score (nSPS) is 10.3. The van der Waals surface area contributed by atoms with Gasteiger partial charge in [-0.2, -0.15) is 4.98 Å². The number of halogens is 3. The summed E-state index contributed by atoms with van der Waals surface area (Å²) in [5, 5.41) is 11.2. The van der Waals surface area contributed by atoms with E-state index in [0.717, 1.165) is 0 Å². The molecular formula is C11H6BrCl2N3O3. The maximum Gasteiger partial charge on any atom is 0.312 e. The van der Waals surface area contributed by atoms with Crippen molar-refractivity contribution in [3.8, 4) is 11.6 Å². The van der Waals surface area contributed by atoms with Crippen LogP contribution in [0.25, 0.3) is 0 Å². The third-order valence-electron chi connectivity index (χ3n) is 2.25. The Balaban J connectivity index is 2.45. The van der Waals surface area contributed by atoms with Gasteiger partial charge in [-0.05, 0) is 18.2 Å². The summed E-state index contributed by atoms with van der Waals surface area (Å²) >= 11 is 14.8. The highest BCUT2D eigenvalue weighted by Gasteiger charge is 2.18. The summed E-state index contributed by atoms with van der Waals surface area (Å²) in [4.78, 5) is 14.2. The molecule has 1 aromatic heterocycles. The molecule has 0 aliphatic heterocycles. The first-order chi connectivity index (χ1) is 9.38. The number of nitrogen functional groups attached to an aromatic ring is 1. The van der Waals surface area contributed by atoms with E-state index in [2.05, 4.69) is 20.9 Å². The van der Waals surface area contributed by atoms with Gasteiger partial charge in [0.1, 0.15) is 10.8 Å². The van der Waals surface area contributed by atoms with Crippen LogP contribution in [0.3, 0.4) is 0 Å². The van der Waals surface area contributed by atoms with Crippen molar-refractivity contribution in [2.45, 2.75) is 0 Å². The van der Waals surface area contributed by atoms with E-state index in [9.17, 15) is 10.1 Å². The van der Waals surface area contributed by atoms with Crippen LogP contribution in [0.4, 0.5) is 11.5 Å². The molecule has 9 heteroatoms. The number of ether oxygens (including phenoxy) is 1. The first kappa shape index (κ1) is 14.8. The fourth-order valence-electron chi connectivity index (χ4n) is 1.36. The molecule has 0 spiro atoms. The van der Waals surface area contributed by atoms with Crippen molar-refractivity contribution in [2.75, 3.05) is 5.73 Å². The zero-order valence-electron chi connectivity index (χ0n) is 9.64. The summed E-state index contributed by atoms with van der Waals surface area (Å²) in [6.45, 7) is 0. The third kappa shape index (κ3) is 3.12. The van der Waals surface area contributed by atoms with Gasteiger partial charge >= 0.3 is 5.69 Å². The number of hydrogen-bond acceptors (Lipinski definition) is 5. The van der Waals surface area contributed by atoms with Crippen LogP contribution in [0.5, 0.6) is 11.6 Å². The molecule has 1 aromatic carbocycles. The number of nitrogens with two attached hydrogens (primary N) is 1. The third-order valence-corrected chi connectivity index (χ3v) is 3.32. The lowest BCUT2D eigenvalue weighted by Gasteiger charge is -2.08. The molecule has 0 bridgehead atoms. The molecule has 0 saturated carbocycles. The topological polar surface area (TPSA) is 91.3 Å². The number of nitrogens with zero attached hydrogens (tertiary/aromatic N) is 2. The molecule has 6 nitrogen and oxygen atoms in total. The maximum atomic E-state index is 11.0. The van der Waals surface area contributed by atoms with Crippen molar-refractivity contribution < 1.29 is 9.66 Å². The summed E-state index contributed by atoms with van der Waals surface area (Å²) in [5.41, 5.74) is 5.31. The maximum absolute atomic E-state index is 11.0. The zero-order chi connectivity index (χ0) is 14.9. The van der Waals surface area contributed by atoms with E-state index >= 15 is 0 Å². The summed E-state index contributed by atoms with van der Waals surface area (Å²) in [7, 11) is 0. The highest BCUT2D eigenvalue weighted by Crippen LogP contribution is 2.37. The van der Waals surface area contributed by atoms with E-state index in [-0.39, 0.29) is 33.2 Å². The van der Waals surface area contributed by atoms with Gasteiger partial charge in [-0.1, -0.05) is 39.1 Å². The second kappa shape index (κ2) is 5.82. The minimum absolute atomic E-state index is 0.00526. The van der Waals surface area contributed by atoms with Gasteiger partial charge in [-0.15, -0.1) is 0 Å². The molecule has 2 aromatic rings. The lowest BCUT2D eigenvalue weighted by Crippen LogP contribution is -1.98. The minimum Gasteiger partial charge on any atom is -0.430 e. The molecule has 0 aliphatic rings. The van der Waals surface area contributed by atoms with E-state index in [1.165, 1.54) is 18.2 Å². The Morgan fingerprint density at radius 2 is 2.00 bits per heavy atom. The molecule has 20 heavy (non-hydrogen) atoms. The predicted octanol–water partition coefficient (Wildman–Crippen LogP) is 4.43. The van der Waals surface area contributed by atoms with E-state index in [0.29, 0.717) is 4.47 Å². The first-order valence-corrected chi connectivity index (χ1v) is 6.66. The molecule has 0 atom stereocenters. The molecule has 2 N–H and O–H groups in total. The van der Waals surface area contributed by atoms with Gasteiger partial charge in [0.05, 0.1) is 9.95 Å². The van der Waals surface area contributed by atoms with Gasteiger partial charge < -0.3 is 10.5 Å². The average Bonchev–Trinajstić information content (AvgIpc) is 2.37. The first-order valence-electron chi connectivity index (χ1n) is 5.12. The largest absolute Gasteiger partial charge is 0.430 e. The van der Waals surface area contributed by atoms with E-state index < -0.39 is 4.92 Å². The smallest absolute Gasteiger partial charge is 0.312 e. The number of benzene rings is 1. The van der Waals surface area contributed by atoms with Crippen molar-refractivity contribution >= 4 is 50.6 Å². The van der Waals surface area contributed by atoms with Crippen molar-refractivity contribution in [1.82, 2.24) is 4.98 Å². The van der Waals surface area contributed by atoms with Crippen LogP contribution in [0.1, 0.15) is 0 Å². The van der Waals surface area contributed by atoms with Crippen LogP contribution in [-0.2, 0) is 0 Å². The lowest BCUT2D eigenvalue weighted by atomic mass is 10.3. The highest BCUT2D eigenvalue weighted by molar-refractivity contribution is 9.10. The van der Waals surface area contributed by atoms with Gasteiger partial charge in [0.15, 0.2) is 0 Å². The zero-order valence-corrected chi connectivity index (χ0v) is 12.7. The van der Waals surface area contributed by atoms with Gasteiger partial charge in [0.2, 0.25) is 11.6 Å². The monoisotopic (exact) mass is 377 g/mol. The molecule has 0 aliphatic carbocycles. The Hall–Kier alpha value is -1.57. The second-order valence-electron chi connectivity index (χ2n) is 3.61. The number of aromatic nitrogens is 1. The van der Waals surface area contributed by atoms with Crippen LogP contribution in [-0.4, -0.2) is 9.91 Å². The summed E-state index contributed by atoms with van der Waals surface area (Å²) < 4.78 is 5.90. The van der Waals surface area contributed by atoms with Crippen molar-refractivity contribution in [3.05, 3.63) is 48.9 Å². The van der Waals surface area contributed by atoms with Crippen LogP contribution in [0.2, 0.25) is 10.0 Å². The number of hydrogen-bond donors (Lipinski definition) is 1. The molecule has 0 fully saturated rings. The van der Waals surface area contributed by atoms with E-state index in [1.807, 2.05) is 0 Å². The standard InChI is InChI=1S/C11H6BrCl2N3O3/c12-5-1-2-9(8(3-5)17(18)19)20-11-7(14)4-6(13)10(15)16-11/h1-4H,(H2,15,16). The van der Waals surface area contributed by atoms with Crippen LogP contribution < -0.4 is 10.5 Å². The Morgan fingerprint density at radius 1 is 1.30 bits per heavy atom. The molecule has 0 saturated heterocycles. The summed E-state index contributed by atoms with van der Waals surface area (Å²) in [6, 6.07) is 5.68. The Labute approximate surface area is 131 Å². The number of pyridine rings is 1. The van der Waals surface area contributed by atoms with Crippen LogP contribution >= 0.6 is 39.1 Å². The fraction of sp³-hybridized carbons (Fsp3) is 0. The van der Waals surface area contributed by atoms with Crippen molar-refractivity contribution in [1.29, 1.82) is 0 Å². The summed E-state index contributed by atoms with van der Waals surface area (Å²) in [6.07, 6.45) is 0. The number of nitro groups is 1. The van der Waals surface area contributed by atoms with Gasteiger partial charge in [-0.25, -0.2) is 0 Å². The Kier molecular flexibility index (Phi) is 4.32. The van der Waals surface area contributed by atoms with E-state index in [1.54, 1.807) is 6.07 Å². The van der Waals surface area contributed by atoms with Crippen molar-refractivity contribution in [3.63, 3.8) is 0 Å². The van der Waals surface area contributed by atoms with Gasteiger partial charge in [0, 0.05) is 10.5 Å². The molecule has 1 heterocycles.